The van der Waals surface area contributed by atoms with Crippen molar-refractivity contribution in [2.45, 2.75) is 13.1 Å². The maximum Gasteiger partial charge on any atom is 0.322 e. The van der Waals surface area contributed by atoms with E-state index in [2.05, 4.69) is 15.6 Å². The molecule has 2 amide bonds. The van der Waals surface area contributed by atoms with Crippen LogP contribution in [0.2, 0.25) is 5.02 Å². The van der Waals surface area contributed by atoms with Crippen LogP contribution in [0.3, 0.4) is 0 Å². The molecule has 0 bridgehead atoms. The zero-order chi connectivity index (χ0) is 19.0. The van der Waals surface area contributed by atoms with E-state index in [0.29, 0.717) is 31.0 Å². The Morgan fingerprint density at radius 2 is 1.89 bits per heavy atom. The quantitative estimate of drug-likeness (QED) is 0.722. The first-order valence-corrected chi connectivity index (χ1v) is 8.58. The Kier molecular flexibility index (Phi) is 4.49. The fraction of sp³-hybridized carbons (Fsp3) is 0.167. The summed E-state index contributed by atoms with van der Waals surface area (Å²) in [6.07, 6.45) is 0. The van der Waals surface area contributed by atoms with Crippen LogP contribution < -0.4 is 5.32 Å². The average Bonchev–Trinajstić information content (AvgIpc) is 3.08. The van der Waals surface area contributed by atoms with Gasteiger partial charge >= 0.3 is 6.03 Å². The standard InChI is InChI=1S/C18H14ClF2N5O/c19-14-9-13(5-6-15(14)21)22-18(27)25-7-8-26-16(10-25)17(23-24-26)11-1-3-12(20)4-2-11/h1-6,9H,7-8,10H2,(H,22,27). The van der Waals surface area contributed by atoms with Crippen molar-refractivity contribution in [3.05, 3.63) is 64.8 Å². The van der Waals surface area contributed by atoms with Crippen molar-refractivity contribution in [2.75, 3.05) is 11.9 Å². The zero-order valence-corrected chi connectivity index (χ0v) is 14.7. The van der Waals surface area contributed by atoms with Crippen LogP contribution in [-0.4, -0.2) is 32.5 Å². The highest BCUT2D eigenvalue weighted by Crippen LogP contribution is 2.26. The molecule has 4 rings (SSSR count). The number of nitrogens with zero attached hydrogens (tertiary/aromatic N) is 4. The van der Waals surface area contributed by atoms with Gasteiger partial charge in [-0.1, -0.05) is 16.8 Å². The number of fused-ring (bicyclic) bond motifs is 1. The fourth-order valence-electron chi connectivity index (χ4n) is 2.93. The Balaban J connectivity index is 1.53. The lowest BCUT2D eigenvalue weighted by Gasteiger charge is -2.28. The summed E-state index contributed by atoms with van der Waals surface area (Å²) in [5, 5.41) is 10.9. The molecule has 1 aliphatic rings. The SMILES string of the molecule is O=C(Nc1ccc(F)c(Cl)c1)N1CCn2nnc(-c3ccc(F)cc3)c2C1. The summed E-state index contributed by atoms with van der Waals surface area (Å²) >= 11 is 5.75. The molecular formula is C18H14ClF2N5O. The van der Waals surface area contributed by atoms with Gasteiger partial charge in [0, 0.05) is 17.8 Å². The van der Waals surface area contributed by atoms with Crippen molar-refractivity contribution in [1.82, 2.24) is 19.9 Å². The Bertz CT molecular complexity index is 1010. The molecule has 0 aliphatic carbocycles. The van der Waals surface area contributed by atoms with E-state index < -0.39 is 5.82 Å². The largest absolute Gasteiger partial charge is 0.322 e. The molecule has 0 fully saturated rings. The highest BCUT2D eigenvalue weighted by Gasteiger charge is 2.25. The van der Waals surface area contributed by atoms with E-state index in [1.54, 1.807) is 21.7 Å². The third-order valence-electron chi connectivity index (χ3n) is 4.34. The molecule has 138 valence electrons. The monoisotopic (exact) mass is 389 g/mol. The number of benzene rings is 2. The fourth-order valence-corrected chi connectivity index (χ4v) is 3.11. The third kappa shape index (κ3) is 3.48. The summed E-state index contributed by atoms with van der Waals surface area (Å²) in [5.41, 5.74) is 2.50. The molecule has 0 saturated heterocycles. The number of rotatable bonds is 2. The van der Waals surface area contributed by atoms with Gasteiger partial charge in [0.1, 0.15) is 17.3 Å². The number of aromatic nitrogens is 3. The minimum Gasteiger partial charge on any atom is -0.317 e. The van der Waals surface area contributed by atoms with E-state index in [0.717, 1.165) is 11.3 Å². The summed E-state index contributed by atoms with van der Waals surface area (Å²) in [6, 6.07) is 9.61. The number of nitrogens with one attached hydrogen (secondary N) is 1. The lowest BCUT2D eigenvalue weighted by atomic mass is 10.1. The van der Waals surface area contributed by atoms with Crippen molar-refractivity contribution in [3.63, 3.8) is 0 Å². The first-order chi connectivity index (χ1) is 13.0. The molecule has 6 nitrogen and oxygen atoms in total. The predicted octanol–water partition coefficient (Wildman–Crippen LogP) is 3.92. The molecule has 3 aromatic rings. The van der Waals surface area contributed by atoms with Crippen LogP contribution in [-0.2, 0) is 13.1 Å². The summed E-state index contributed by atoms with van der Waals surface area (Å²) in [5.74, 6) is -0.884. The van der Waals surface area contributed by atoms with Crippen LogP contribution in [0.1, 0.15) is 5.69 Å². The van der Waals surface area contributed by atoms with E-state index >= 15 is 0 Å². The van der Waals surface area contributed by atoms with Gasteiger partial charge < -0.3 is 10.2 Å². The molecular weight excluding hydrogens is 376 g/mol. The number of carbonyl (C=O) groups excluding carboxylic acids is 1. The van der Waals surface area contributed by atoms with E-state index in [-0.39, 0.29) is 16.9 Å². The highest BCUT2D eigenvalue weighted by atomic mass is 35.5. The van der Waals surface area contributed by atoms with Gasteiger partial charge in [-0.3, -0.25) is 0 Å². The normalized spacial score (nSPS) is 13.4. The second-order valence-corrected chi connectivity index (χ2v) is 6.50. The van der Waals surface area contributed by atoms with Gasteiger partial charge in [0.15, 0.2) is 0 Å². The van der Waals surface area contributed by atoms with Gasteiger partial charge in [-0.15, -0.1) is 5.10 Å². The zero-order valence-electron chi connectivity index (χ0n) is 14.0. The van der Waals surface area contributed by atoms with Crippen LogP contribution >= 0.6 is 11.6 Å². The Labute approximate surface area is 158 Å². The van der Waals surface area contributed by atoms with Crippen molar-refractivity contribution in [1.29, 1.82) is 0 Å². The smallest absolute Gasteiger partial charge is 0.317 e. The van der Waals surface area contributed by atoms with Crippen LogP contribution in [0.5, 0.6) is 0 Å². The van der Waals surface area contributed by atoms with Crippen LogP contribution in [0, 0.1) is 11.6 Å². The number of hydrogen-bond acceptors (Lipinski definition) is 3. The van der Waals surface area contributed by atoms with Gasteiger partial charge in [-0.05, 0) is 42.5 Å². The summed E-state index contributed by atoms with van der Waals surface area (Å²) < 4.78 is 28.1. The van der Waals surface area contributed by atoms with Gasteiger partial charge in [-0.25, -0.2) is 18.3 Å². The van der Waals surface area contributed by atoms with Crippen LogP contribution in [0.4, 0.5) is 19.3 Å². The van der Waals surface area contributed by atoms with Gasteiger partial charge in [0.2, 0.25) is 0 Å². The third-order valence-corrected chi connectivity index (χ3v) is 4.63. The number of carbonyl (C=O) groups is 1. The molecule has 0 atom stereocenters. The minimum atomic E-state index is -0.549. The molecule has 0 spiro atoms. The van der Waals surface area contributed by atoms with E-state index in [1.807, 2.05) is 0 Å². The summed E-state index contributed by atoms with van der Waals surface area (Å²) in [6.45, 7) is 1.22. The lowest BCUT2D eigenvalue weighted by molar-refractivity contribution is 0.194. The van der Waals surface area contributed by atoms with Crippen molar-refractivity contribution >= 4 is 23.3 Å². The Hall–Kier alpha value is -3.00. The van der Waals surface area contributed by atoms with Crippen LogP contribution in [0.15, 0.2) is 42.5 Å². The molecule has 9 heteroatoms. The second-order valence-electron chi connectivity index (χ2n) is 6.10. The van der Waals surface area contributed by atoms with E-state index in [4.69, 9.17) is 11.6 Å². The van der Waals surface area contributed by atoms with Crippen molar-refractivity contribution < 1.29 is 13.6 Å². The minimum absolute atomic E-state index is 0.0627. The maximum absolute atomic E-state index is 13.3. The van der Waals surface area contributed by atoms with Gasteiger partial charge in [0.25, 0.3) is 0 Å². The topological polar surface area (TPSA) is 63.1 Å². The van der Waals surface area contributed by atoms with Crippen LogP contribution in [0.25, 0.3) is 11.3 Å². The molecule has 1 aromatic heterocycles. The number of hydrogen-bond donors (Lipinski definition) is 1. The summed E-state index contributed by atoms with van der Waals surface area (Å²) in [7, 11) is 0. The Morgan fingerprint density at radius 3 is 2.63 bits per heavy atom. The van der Waals surface area contributed by atoms with E-state index in [1.165, 1.54) is 30.3 Å². The van der Waals surface area contributed by atoms with Gasteiger partial charge in [0.05, 0.1) is 23.8 Å². The number of amides is 2. The lowest BCUT2D eigenvalue weighted by Crippen LogP contribution is -2.41. The first kappa shape index (κ1) is 17.4. The molecule has 0 saturated carbocycles. The maximum atomic E-state index is 13.3. The predicted molar refractivity (Wildman–Crippen MR) is 96.3 cm³/mol. The average molecular weight is 390 g/mol. The molecule has 2 heterocycles. The molecule has 0 unspecified atom stereocenters. The summed E-state index contributed by atoms with van der Waals surface area (Å²) in [4.78, 5) is 14.2. The number of anilines is 1. The van der Waals surface area contributed by atoms with Crippen molar-refractivity contribution in [3.8, 4) is 11.3 Å². The number of halogens is 3. The second kappa shape index (κ2) is 6.96. The molecule has 1 N–H and O–H groups in total. The molecule has 0 radical (unpaired) electrons. The highest BCUT2D eigenvalue weighted by molar-refractivity contribution is 6.31. The number of urea groups is 1. The van der Waals surface area contributed by atoms with E-state index in [9.17, 15) is 13.6 Å². The van der Waals surface area contributed by atoms with Gasteiger partial charge in [-0.2, -0.15) is 0 Å². The molecule has 2 aromatic carbocycles. The Morgan fingerprint density at radius 1 is 1.11 bits per heavy atom. The first-order valence-electron chi connectivity index (χ1n) is 8.20. The molecule has 1 aliphatic heterocycles. The van der Waals surface area contributed by atoms with Crippen molar-refractivity contribution in [2.24, 2.45) is 0 Å². The molecule has 27 heavy (non-hydrogen) atoms.